The summed E-state index contributed by atoms with van der Waals surface area (Å²) in [6.07, 6.45) is 1.45. The van der Waals surface area contributed by atoms with Crippen molar-refractivity contribution in [1.29, 1.82) is 0 Å². The van der Waals surface area contributed by atoms with Crippen molar-refractivity contribution in [1.82, 2.24) is 9.55 Å². The van der Waals surface area contributed by atoms with E-state index < -0.39 is 10.0 Å². The van der Waals surface area contributed by atoms with E-state index in [1.54, 1.807) is 17.7 Å². The predicted octanol–water partition coefficient (Wildman–Crippen LogP) is 1.19. The van der Waals surface area contributed by atoms with Crippen molar-refractivity contribution in [3.63, 3.8) is 0 Å². The molecule has 3 N–H and O–H groups in total. The molecule has 0 aliphatic rings. The van der Waals surface area contributed by atoms with E-state index in [1.807, 2.05) is 24.3 Å². The van der Waals surface area contributed by atoms with Crippen LogP contribution in [0.5, 0.6) is 0 Å². The second-order valence-electron chi connectivity index (χ2n) is 5.34. The lowest BCUT2D eigenvalue weighted by atomic mass is 10.1. The molecule has 8 heteroatoms. The molecule has 0 spiro atoms. The molecule has 0 saturated heterocycles. The molecule has 124 valence electrons. The molecule has 7 nitrogen and oxygen atoms in total. The van der Waals surface area contributed by atoms with E-state index in [9.17, 15) is 13.2 Å². The first kappa shape index (κ1) is 16.2. The third kappa shape index (κ3) is 3.01. The third-order valence-corrected chi connectivity index (χ3v) is 4.67. The highest BCUT2D eigenvalue weighted by Crippen LogP contribution is 2.18. The number of aromatic nitrogens is 2. The molecule has 24 heavy (non-hydrogen) atoms. The minimum absolute atomic E-state index is 0.109. The molecule has 0 aliphatic heterocycles. The van der Waals surface area contributed by atoms with E-state index in [0.717, 1.165) is 10.9 Å². The van der Waals surface area contributed by atoms with Crippen LogP contribution in [0, 0.1) is 0 Å². The first-order chi connectivity index (χ1) is 11.4. The Morgan fingerprint density at radius 1 is 1.21 bits per heavy atom. The fraction of sp³-hybridized carbons (Fsp3) is 0.125. The lowest BCUT2D eigenvalue weighted by molar-refractivity contribution is 0.597. The smallest absolute Gasteiger partial charge is 0.255 e. The standard InChI is InChI=1S/C16H16N4O3S/c1-20-13-6-3-2-5-11(13)9-12(16(20)21)10-19-15-14(24(17,22)23)7-4-8-18-15/h2-9H,10H2,1H3,(H,18,19)(H2,17,22,23). The van der Waals surface area contributed by atoms with Crippen LogP contribution in [0.25, 0.3) is 10.9 Å². The second-order valence-corrected chi connectivity index (χ2v) is 6.87. The van der Waals surface area contributed by atoms with E-state index in [1.165, 1.54) is 18.3 Å². The number of pyridine rings is 2. The number of benzene rings is 1. The average molecular weight is 344 g/mol. The van der Waals surface area contributed by atoms with Crippen LogP contribution in [-0.2, 0) is 23.6 Å². The monoisotopic (exact) mass is 344 g/mol. The number of nitrogens with two attached hydrogens (primary N) is 1. The number of nitrogens with zero attached hydrogens (tertiary/aromatic N) is 2. The van der Waals surface area contributed by atoms with Crippen LogP contribution < -0.4 is 16.0 Å². The van der Waals surface area contributed by atoms with Gasteiger partial charge in [0.2, 0.25) is 10.0 Å². The molecular formula is C16H16N4O3S. The number of nitrogens with one attached hydrogen (secondary N) is 1. The highest BCUT2D eigenvalue weighted by atomic mass is 32.2. The Kier molecular flexibility index (Phi) is 4.08. The molecule has 0 atom stereocenters. The summed E-state index contributed by atoms with van der Waals surface area (Å²) in [4.78, 5) is 16.3. The Labute approximate surface area is 138 Å². The largest absolute Gasteiger partial charge is 0.365 e. The summed E-state index contributed by atoms with van der Waals surface area (Å²) in [5.41, 5.74) is 1.17. The van der Waals surface area contributed by atoms with Crippen molar-refractivity contribution >= 4 is 26.7 Å². The zero-order valence-corrected chi connectivity index (χ0v) is 13.7. The zero-order valence-electron chi connectivity index (χ0n) is 12.9. The molecule has 0 fully saturated rings. The number of sulfonamides is 1. The molecule has 2 aromatic heterocycles. The normalized spacial score (nSPS) is 11.6. The average Bonchev–Trinajstić information content (AvgIpc) is 2.56. The summed E-state index contributed by atoms with van der Waals surface area (Å²) in [6, 6.07) is 12.2. The summed E-state index contributed by atoms with van der Waals surface area (Å²) in [5, 5.41) is 8.99. The number of primary sulfonamides is 1. The van der Waals surface area contributed by atoms with Crippen LogP contribution in [0.15, 0.2) is 58.4 Å². The summed E-state index contributed by atoms with van der Waals surface area (Å²) in [5.74, 6) is 0.121. The fourth-order valence-electron chi connectivity index (χ4n) is 2.55. The van der Waals surface area contributed by atoms with Crippen molar-refractivity contribution in [3.8, 4) is 0 Å². The Bertz CT molecular complexity index is 1070. The van der Waals surface area contributed by atoms with Crippen molar-refractivity contribution in [3.05, 3.63) is 64.6 Å². The van der Waals surface area contributed by atoms with E-state index in [-0.39, 0.29) is 22.8 Å². The first-order valence-electron chi connectivity index (χ1n) is 7.17. The molecule has 0 radical (unpaired) electrons. The number of para-hydroxylation sites is 1. The summed E-state index contributed by atoms with van der Waals surface area (Å²) in [7, 11) is -2.20. The van der Waals surface area contributed by atoms with Crippen LogP contribution in [0.3, 0.4) is 0 Å². The predicted molar refractivity (Wildman–Crippen MR) is 92.1 cm³/mol. The van der Waals surface area contributed by atoms with Gasteiger partial charge >= 0.3 is 0 Å². The maximum absolute atomic E-state index is 12.4. The van der Waals surface area contributed by atoms with Crippen LogP contribution in [0.2, 0.25) is 0 Å². The number of rotatable bonds is 4. The van der Waals surface area contributed by atoms with Gasteiger partial charge in [-0.1, -0.05) is 18.2 Å². The number of hydrogen-bond donors (Lipinski definition) is 2. The maximum Gasteiger partial charge on any atom is 0.255 e. The Morgan fingerprint density at radius 2 is 1.96 bits per heavy atom. The maximum atomic E-state index is 12.4. The number of aryl methyl sites for hydroxylation is 1. The Hall–Kier alpha value is -2.71. The highest BCUT2D eigenvalue weighted by Gasteiger charge is 2.15. The van der Waals surface area contributed by atoms with Gasteiger partial charge in [0, 0.05) is 25.4 Å². The topological polar surface area (TPSA) is 107 Å². The molecule has 2 heterocycles. The van der Waals surface area contributed by atoms with Crippen LogP contribution in [-0.4, -0.2) is 18.0 Å². The first-order valence-corrected chi connectivity index (χ1v) is 8.72. The van der Waals surface area contributed by atoms with Crippen molar-refractivity contribution in [2.24, 2.45) is 12.2 Å². The lowest BCUT2D eigenvalue weighted by Crippen LogP contribution is -2.23. The van der Waals surface area contributed by atoms with Crippen molar-refractivity contribution < 1.29 is 8.42 Å². The number of hydrogen-bond acceptors (Lipinski definition) is 5. The lowest BCUT2D eigenvalue weighted by Gasteiger charge is -2.11. The summed E-state index contributed by atoms with van der Waals surface area (Å²) in [6.45, 7) is 0.136. The van der Waals surface area contributed by atoms with E-state index >= 15 is 0 Å². The van der Waals surface area contributed by atoms with Gasteiger partial charge in [0.05, 0.1) is 5.52 Å². The fourth-order valence-corrected chi connectivity index (χ4v) is 3.21. The molecule has 0 amide bonds. The van der Waals surface area contributed by atoms with Gasteiger partial charge in [-0.2, -0.15) is 0 Å². The summed E-state index contributed by atoms with van der Waals surface area (Å²) >= 11 is 0. The van der Waals surface area contributed by atoms with Gasteiger partial charge in [-0.05, 0) is 29.7 Å². The quantitative estimate of drug-likeness (QED) is 0.739. The molecule has 0 saturated carbocycles. The van der Waals surface area contributed by atoms with Crippen molar-refractivity contribution in [2.45, 2.75) is 11.4 Å². The molecule has 3 aromatic rings. The van der Waals surface area contributed by atoms with Gasteiger partial charge in [-0.25, -0.2) is 18.5 Å². The van der Waals surface area contributed by atoms with E-state index in [4.69, 9.17) is 5.14 Å². The van der Waals surface area contributed by atoms with Gasteiger partial charge in [-0.15, -0.1) is 0 Å². The SMILES string of the molecule is Cn1c(=O)c(CNc2ncccc2S(N)(=O)=O)cc2ccccc21. The Balaban J connectivity index is 1.98. The molecule has 0 aliphatic carbocycles. The van der Waals surface area contributed by atoms with Crippen LogP contribution >= 0.6 is 0 Å². The molecular weight excluding hydrogens is 328 g/mol. The molecule has 3 rings (SSSR count). The molecule has 0 unspecified atom stereocenters. The van der Waals surface area contributed by atoms with Crippen LogP contribution in [0.4, 0.5) is 5.82 Å². The van der Waals surface area contributed by atoms with Gasteiger partial charge in [0.1, 0.15) is 10.7 Å². The van der Waals surface area contributed by atoms with Gasteiger partial charge in [0.15, 0.2) is 0 Å². The number of fused-ring (bicyclic) bond motifs is 1. The number of anilines is 1. The van der Waals surface area contributed by atoms with Gasteiger partial charge < -0.3 is 9.88 Å². The highest BCUT2D eigenvalue weighted by molar-refractivity contribution is 7.89. The van der Waals surface area contributed by atoms with Gasteiger partial charge in [-0.3, -0.25) is 4.79 Å². The molecule has 1 aromatic carbocycles. The second kappa shape index (κ2) is 6.06. The van der Waals surface area contributed by atoms with Crippen molar-refractivity contribution in [2.75, 3.05) is 5.32 Å². The van der Waals surface area contributed by atoms with Crippen LogP contribution in [0.1, 0.15) is 5.56 Å². The van der Waals surface area contributed by atoms with E-state index in [0.29, 0.717) is 5.56 Å². The summed E-state index contributed by atoms with van der Waals surface area (Å²) < 4.78 is 24.7. The van der Waals surface area contributed by atoms with Gasteiger partial charge in [0.25, 0.3) is 5.56 Å². The Morgan fingerprint density at radius 3 is 2.71 bits per heavy atom. The molecule has 0 bridgehead atoms. The van der Waals surface area contributed by atoms with E-state index in [2.05, 4.69) is 10.3 Å². The minimum Gasteiger partial charge on any atom is -0.365 e. The zero-order chi connectivity index (χ0) is 17.3. The third-order valence-electron chi connectivity index (χ3n) is 3.73. The minimum atomic E-state index is -3.90.